The predicted molar refractivity (Wildman–Crippen MR) is 139 cm³/mol. The topological polar surface area (TPSA) is 117 Å². The van der Waals surface area contributed by atoms with Gasteiger partial charge in [0.05, 0.1) is 18.2 Å². The lowest BCUT2D eigenvalue weighted by Crippen LogP contribution is -2.55. The number of para-hydroxylation sites is 1. The third kappa shape index (κ3) is 3.90. The molecule has 3 aliphatic heterocycles. The van der Waals surface area contributed by atoms with Gasteiger partial charge < -0.3 is 19.4 Å². The minimum atomic E-state index is -2.83. The van der Waals surface area contributed by atoms with Gasteiger partial charge in [-0.05, 0) is 49.8 Å². The minimum Gasteiger partial charge on any atom is -0.441 e. The first-order valence-corrected chi connectivity index (χ1v) is 15.6. The second-order valence-corrected chi connectivity index (χ2v) is 14.6. The lowest BCUT2D eigenvalue weighted by atomic mass is 9.82. The molecule has 3 heterocycles. The normalized spacial score (nSPS) is 29.0. The maximum atomic E-state index is 14.4. The highest BCUT2D eigenvalue weighted by Crippen LogP contribution is 2.61. The molecular weight excluding hydrogens is 492 g/mol. The Labute approximate surface area is 216 Å². The second-order valence-electron chi connectivity index (χ2n) is 10.6. The molecule has 2 saturated heterocycles. The van der Waals surface area contributed by atoms with Crippen LogP contribution in [0.2, 0.25) is 18.6 Å². The van der Waals surface area contributed by atoms with Crippen molar-refractivity contribution in [3.8, 4) is 0 Å². The molecule has 0 saturated carbocycles. The predicted octanol–water partition coefficient (Wildman–Crippen LogP) is 3.17. The van der Waals surface area contributed by atoms with E-state index in [2.05, 4.69) is 0 Å². The summed E-state index contributed by atoms with van der Waals surface area (Å²) in [6, 6.07) is 14.6. The monoisotopic (exact) mass is 524 g/mol. The number of ether oxygens (including phenoxy) is 2. The van der Waals surface area contributed by atoms with E-state index in [9.17, 15) is 24.3 Å². The van der Waals surface area contributed by atoms with Crippen molar-refractivity contribution in [2.75, 3.05) is 16.4 Å². The maximum Gasteiger partial charge on any atom is 0.304 e. The number of benzene rings is 2. The number of hydrogen-bond acceptors (Lipinski definition) is 7. The molecule has 9 nitrogen and oxygen atoms in total. The van der Waals surface area contributed by atoms with Crippen LogP contribution in [0.15, 0.2) is 48.5 Å². The van der Waals surface area contributed by atoms with Crippen LogP contribution in [0.25, 0.3) is 0 Å². The Bertz CT molecular complexity index is 1250. The van der Waals surface area contributed by atoms with Crippen LogP contribution in [0.4, 0.5) is 17.1 Å². The maximum absolute atomic E-state index is 14.4. The van der Waals surface area contributed by atoms with E-state index in [1.54, 1.807) is 23.1 Å². The Hall–Kier alpha value is -3.05. The molecular formula is C27H32N2O7Si. The lowest BCUT2D eigenvalue weighted by Gasteiger charge is -2.39. The number of aliphatic hydroxyl groups is 1. The van der Waals surface area contributed by atoms with Gasteiger partial charge in [0.2, 0.25) is 5.91 Å². The number of β-lactam (4-membered cyclic amide) rings is 1. The van der Waals surface area contributed by atoms with Gasteiger partial charge in [0, 0.05) is 41.9 Å². The first-order chi connectivity index (χ1) is 17.5. The first-order valence-electron chi connectivity index (χ1n) is 12.5. The van der Waals surface area contributed by atoms with Crippen LogP contribution in [0.1, 0.15) is 32.3 Å². The van der Waals surface area contributed by atoms with E-state index in [4.69, 9.17) is 9.47 Å². The van der Waals surface area contributed by atoms with Gasteiger partial charge >= 0.3 is 5.97 Å². The largest absolute Gasteiger partial charge is 0.441 e. The van der Waals surface area contributed by atoms with Crippen LogP contribution >= 0.6 is 0 Å². The van der Waals surface area contributed by atoms with Crippen molar-refractivity contribution < 1.29 is 33.8 Å². The molecule has 2 aromatic carbocycles. The fourth-order valence-corrected chi connectivity index (χ4v) is 8.96. The molecule has 0 bridgehead atoms. The molecule has 196 valence electrons. The number of carbonyl (C=O) groups excluding carboxylic acids is 3. The van der Waals surface area contributed by atoms with Crippen LogP contribution in [0, 0.1) is 5.92 Å². The highest BCUT2D eigenvalue weighted by atomic mass is 28.4. The molecule has 2 aromatic rings. The number of esters is 1. The molecule has 1 unspecified atom stereocenters. The summed E-state index contributed by atoms with van der Waals surface area (Å²) in [5.74, 6) is -1.34. The molecule has 2 amide bonds. The number of carbonyl (C=O) groups is 3. The molecule has 1 spiro atoms. The summed E-state index contributed by atoms with van der Waals surface area (Å²) in [7, 11) is -2.83. The summed E-state index contributed by atoms with van der Waals surface area (Å²) < 4.78 is 11.9. The molecule has 2 N–H and O–H groups in total. The zero-order chi connectivity index (χ0) is 26.7. The summed E-state index contributed by atoms with van der Waals surface area (Å²) in [4.78, 5) is 52.8. The van der Waals surface area contributed by atoms with Crippen molar-refractivity contribution in [3.05, 3.63) is 54.1 Å². The van der Waals surface area contributed by atoms with Crippen LogP contribution in [-0.4, -0.2) is 54.9 Å². The second kappa shape index (κ2) is 9.05. The Morgan fingerprint density at radius 3 is 2.46 bits per heavy atom. The quantitative estimate of drug-likeness (QED) is 0.339. The Balaban J connectivity index is 1.67. The van der Waals surface area contributed by atoms with E-state index in [1.807, 2.05) is 50.3 Å². The van der Waals surface area contributed by atoms with Crippen molar-refractivity contribution in [2.45, 2.75) is 63.3 Å². The summed E-state index contributed by atoms with van der Waals surface area (Å²) in [5.41, 5.74) is 0.677. The zero-order valence-corrected chi connectivity index (χ0v) is 22.4. The number of anilines is 3. The van der Waals surface area contributed by atoms with E-state index in [1.165, 1.54) is 11.8 Å². The van der Waals surface area contributed by atoms with E-state index < -0.39 is 38.1 Å². The molecule has 37 heavy (non-hydrogen) atoms. The number of nitrogens with zero attached hydrogens (tertiary/aromatic N) is 2. The Kier molecular flexibility index (Phi) is 6.26. The SMILES string of the molecule is CC(=O)OC1CC(=O)N1c1ccc2c(c1)[C@]1(O[C@@H](CCO)[C@H]([Si](C)(C)O)[C@H]1C)C(=O)N2c1ccccc1. The standard InChI is InChI=1S/C27H32N2O7Si/c1-16-25(37(3,4)34)22(12-13-30)36-27(16)20-14-19(29-23(32)15-24(29)35-17(2)31)10-11-21(20)28(26(27)33)18-8-6-5-7-9-18/h5-11,14,16,22,24-25,30,34H,12-13,15H2,1-4H3/t16-,22+,24?,25-,27+/m1/s1. The summed E-state index contributed by atoms with van der Waals surface area (Å²) in [5, 5.41) is 9.78. The average Bonchev–Trinajstić information content (AvgIpc) is 3.25. The van der Waals surface area contributed by atoms with Gasteiger partial charge in [-0.3, -0.25) is 24.2 Å². The van der Waals surface area contributed by atoms with Gasteiger partial charge in [-0.2, -0.15) is 0 Å². The van der Waals surface area contributed by atoms with Crippen molar-refractivity contribution >= 4 is 43.2 Å². The smallest absolute Gasteiger partial charge is 0.304 e. The molecule has 2 fully saturated rings. The Morgan fingerprint density at radius 2 is 1.86 bits per heavy atom. The van der Waals surface area contributed by atoms with Crippen molar-refractivity contribution in [3.63, 3.8) is 0 Å². The molecule has 5 rings (SSSR count). The van der Waals surface area contributed by atoms with Gasteiger partial charge in [0.25, 0.3) is 5.91 Å². The number of amides is 2. The number of aliphatic hydroxyl groups excluding tert-OH is 1. The highest BCUT2D eigenvalue weighted by molar-refractivity contribution is 6.71. The van der Waals surface area contributed by atoms with Gasteiger partial charge in [-0.15, -0.1) is 0 Å². The van der Waals surface area contributed by atoms with Crippen LogP contribution in [0.3, 0.4) is 0 Å². The number of rotatable bonds is 6. The van der Waals surface area contributed by atoms with Crippen molar-refractivity contribution in [1.29, 1.82) is 0 Å². The fraction of sp³-hybridized carbons (Fsp3) is 0.444. The van der Waals surface area contributed by atoms with E-state index in [0.717, 1.165) is 0 Å². The van der Waals surface area contributed by atoms with Gasteiger partial charge in [0.1, 0.15) is 0 Å². The average molecular weight is 525 g/mol. The van der Waals surface area contributed by atoms with E-state index in [0.29, 0.717) is 29.0 Å². The lowest BCUT2D eigenvalue weighted by molar-refractivity contribution is -0.153. The van der Waals surface area contributed by atoms with Gasteiger partial charge in [-0.1, -0.05) is 25.1 Å². The summed E-state index contributed by atoms with van der Waals surface area (Å²) in [6.45, 7) is 6.74. The molecule has 3 aliphatic rings. The third-order valence-electron chi connectivity index (χ3n) is 7.79. The minimum absolute atomic E-state index is 0.0920. The number of fused-ring (bicyclic) bond motifs is 2. The van der Waals surface area contributed by atoms with Crippen molar-refractivity contribution in [1.82, 2.24) is 0 Å². The molecule has 5 atom stereocenters. The molecule has 0 aromatic heterocycles. The third-order valence-corrected chi connectivity index (χ3v) is 10.3. The first kappa shape index (κ1) is 25.6. The summed E-state index contributed by atoms with van der Waals surface area (Å²) in [6.07, 6.45) is -0.834. The van der Waals surface area contributed by atoms with Crippen LogP contribution in [0.5, 0.6) is 0 Å². The van der Waals surface area contributed by atoms with Crippen LogP contribution < -0.4 is 9.80 Å². The number of hydrogen-bond donors (Lipinski definition) is 2. The summed E-state index contributed by atoms with van der Waals surface area (Å²) >= 11 is 0. The van der Waals surface area contributed by atoms with Crippen molar-refractivity contribution in [2.24, 2.45) is 5.92 Å². The van der Waals surface area contributed by atoms with Gasteiger partial charge in [-0.25, -0.2) is 0 Å². The van der Waals surface area contributed by atoms with Crippen LogP contribution in [-0.2, 0) is 29.5 Å². The zero-order valence-electron chi connectivity index (χ0n) is 21.4. The van der Waals surface area contributed by atoms with E-state index >= 15 is 0 Å². The fourth-order valence-electron chi connectivity index (χ4n) is 6.35. The molecule has 10 heteroatoms. The highest BCUT2D eigenvalue weighted by Gasteiger charge is 2.66. The Morgan fingerprint density at radius 1 is 1.16 bits per heavy atom. The van der Waals surface area contributed by atoms with Gasteiger partial charge in [0.15, 0.2) is 20.1 Å². The molecule has 0 aliphatic carbocycles. The molecule has 0 radical (unpaired) electrons. The van der Waals surface area contributed by atoms with E-state index in [-0.39, 0.29) is 30.4 Å².